The van der Waals surface area contributed by atoms with Crippen LogP contribution in [0.2, 0.25) is 0 Å². The molecule has 16 heavy (non-hydrogen) atoms. The second kappa shape index (κ2) is 5.28. The Labute approximate surface area is 95.3 Å². The summed E-state index contributed by atoms with van der Waals surface area (Å²) in [4.78, 5) is 4.06. The molecule has 0 amide bonds. The minimum absolute atomic E-state index is 0.779. The molecule has 0 unspecified atom stereocenters. The van der Waals surface area contributed by atoms with Gasteiger partial charge in [-0.25, -0.2) is 0 Å². The molecule has 1 aromatic carbocycles. The number of hydrogen-bond donors (Lipinski definition) is 2. The number of hydrogen-bond acceptors (Lipinski definition) is 3. The van der Waals surface area contributed by atoms with Crippen LogP contribution in [-0.4, -0.2) is 4.98 Å². The summed E-state index contributed by atoms with van der Waals surface area (Å²) in [6, 6.07) is 11.9. The van der Waals surface area contributed by atoms with E-state index < -0.39 is 0 Å². The van der Waals surface area contributed by atoms with Crippen LogP contribution in [0.15, 0.2) is 48.8 Å². The molecule has 2 rings (SSSR count). The van der Waals surface area contributed by atoms with Gasteiger partial charge in [-0.05, 0) is 23.3 Å². The highest BCUT2D eigenvalue weighted by atomic mass is 14.9. The number of para-hydroxylation sites is 1. The average molecular weight is 213 g/mol. The maximum Gasteiger partial charge on any atom is 0.0359 e. The molecule has 0 spiro atoms. The van der Waals surface area contributed by atoms with Gasteiger partial charge in [0.1, 0.15) is 0 Å². The Bertz CT molecular complexity index is 440. The van der Waals surface area contributed by atoms with Crippen LogP contribution in [0.25, 0.3) is 0 Å². The number of anilines is 1. The predicted molar refractivity (Wildman–Crippen MR) is 65.6 cm³/mol. The van der Waals surface area contributed by atoms with Crippen molar-refractivity contribution < 1.29 is 0 Å². The van der Waals surface area contributed by atoms with E-state index in [2.05, 4.69) is 10.3 Å². The molecule has 0 atom stereocenters. The van der Waals surface area contributed by atoms with E-state index in [1.165, 1.54) is 5.56 Å². The fourth-order valence-corrected chi connectivity index (χ4v) is 1.54. The molecule has 0 aliphatic carbocycles. The summed E-state index contributed by atoms with van der Waals surface area (Å²) in [5.74, 6) is 0. The van der Waals surface area contributed by atoms with E-state index in [1.54, 1.807) is 6.20 Å². The molecule has 3 heteroatoms. The standard InChI is InChI=1S/C13H15N3/c14-13-6-2-1-5-12(13)10-16-9-11-4-3-7-15-8-11/h1-8,16H,9-10,14H2. The first-order valence-corrected chi connectivity index (χ1v) is 5.29. The van der Waals surface area contributed by atoms with E-state index in [0.29, 0.717) is 0 Å². The lowest BCUT2D eigenvalue weighted by molar-refractivity contribution is 0.692. The number of benzene rings is 1. The van der Waals surface area contributed by atoms with Crippen molar-refractivity contribution in [1.82, 2.24) is 10.3 Å². The van der Waals surface area contributed by atoms with Crippen molar-refractivity contribution in [3.63, 3.8) is 0 Å². The van der Waals surface area contributed by atoms with E-state index in [1.807, 2.05) is 42.6 Å². The number of nitrogens with zero attached hydrogens (tertiary/aromatic N) is 1. The molecule has 82 valence electrons. The Morgan fingerprint density at radius 3 is 2.69 bits per heavy atom. The quantitative estimate of drug-likeness (QED) is 0.763. The number of pyridine rings is 1. The maximum absolute atomic E-state index is 5.85. The molecule has 2 aromatic rings. The van der Waals surface area contributed by atoms with Crippen molar-refractivity contribution in [2.45, 2.75) is 13.1 Å². The third-order valence-corrected chi connectivity index (χ3v) is 2.42. The van der Waals surface area contributed by atoms with Crippen LogP contribution in [0.4, 0.5) is 5.69 Å². The van der Waals surface area contributed by atoms with Gasteiger partial charge in [0, 0.05) is 31.2 Å². The van der Waals surface area contributed by atoms with Gasteiger partial charge in [0.15, 0.2) is 0 Å². The molecule has 0 aliphatic rings. The Hall–Kier alpha value is -1.87. The third kappa shape index (κ3) is 2.81. The minimum atomic E-state index is 0.779. The lowest BCUT2D eigenvalue weighted by Crippen LogP contribution is -2.13. The number of rotatable bonds is 4. The molecule has 3 N–H and O–H groups in total. The van der Waals surface area contributed by atoms with Crippen LogP contribution in [0.5, 0.6) is 0 Å². The highest BCUT2D eigenvalue weighted by Gasteiger charge is 1.97. The van der Waals surface area contributed by atoms with E-state index in [4.69, 9.17) is 5.73 Å². The Morgan fingerprint density at radius 1 is 1.06 bits per heavy atom. The van der Waals surface area contributed by atoms with Gasteiger partial charge in [0.2, 0.25) is 0 Å². The van der Waals surface area contributed by atoms with Crippen LogP contribution in [0, 0.1) is 0 Å². The van der Waals surface area contributed by atoms with Crippen molar-refractivity contribution in [2.24, 2.45) is 0 Å². The zero-order valence-electron chi connectivity index (χ0n) is 9.06. The molecule has 0 aliphatic heterocycles. The molecule has 0 fully saturated rings. The number of nitrogens with one attached hydrogen (secondary N) is 1. The average Bonchev–Trinajstić information content (AvgIpc) is 2.33. The van der Waals surface area contributed by atoms with Gasteiger partial charge in [-0.15, -0.1) is 0 Å². The largest absolute Gasteiger partial charge is 0.398 e. The van der Waals surface area contributed by atoms with Crippen molar-refractivity contribution in [3.05, 3.63) is 59.9 Å². The Morgan fingerprint density at radius 2 is 1.94 bits per heavy atom. The zero-order valence-corrected chi connectivity index (χ0v) is 9.06. The fourth-order valence-electron chi connectivity index (χ4n) is 1.54. The molecule has 1 aromatic heterocycles. The maximum atomic E-state index is 5.85. The molecule has 0 saturated carbocycles. The van der Waals surface area contributed by atoms with Gasteiger partial charge in [-0.3, -0.25) is 4.98 Å². The number of nitrogen functional groups attached to an aromatic ring is 1. The lowest BCUT2D eigenvalue weighted by atomic mass is 10.2. The number of nitrogens with two attached hydrogens (primary N) is 1. The molecule has 1 heterocycles. The van der Waals surface area contributed by atoms with Crippen molar-refractivity contribution in [2.75, 3.05) is 5.73 Å². The topological polar surface area (TPSA) is 50.9 Å². The second-order valence-electron chi connectivity index (χ2n) is 3.66. The van der Waals surface area contributed by atoms with Gasteiger partial charge in [0.05, 0.1) is 0 Å². The molecular formula is C13H15N3. The second-order valence-corrected chi connectivity index (χ2v) is 3.66. The third-order valence-electron chi connectivity index (χ3n) is 2.42. The SMILES string of the molecule is Nc1ccccc1CNCc1cccnc1. The van der Waals surface area contributed by atoms with Crippen molar-refractivity contribution >= 4 is 5.69 Å². The summed E-state index contributed by atoms with van der Waals surface area (Å²) >= 11 is 0. The zero-order chi connectivity index (χ0) is 11.2. The van der Waals surface area contributed by atoms with Gasteiger partial charge < -0.3 is 11.1 Å². The first kappa shape index (κ1) is 10.6. The molecule has 3 nitrogen and oxygen atoms in total. The van der Waals surface area contributed by atoms with Crippen LogP contribution >= 0.6 is 0 Å². The minimum Gasteiger partial charge on any atom is -0.398 e. The van der Waals surface area contributed by atoms with E-state index in [9.17, 15) is 0 Å². The fraction of sp³-hybridized carbons (Fsp3) is 0.154. The van der Waals surface area contributed by atoms with Gasteiger partial charge in [-0.2, -0.15) is 0 Å². The molecular weight excluding hydrogens is 198 g/mol. The summed E-state index contributed by atoms with van der Waals surface area (Å²) in [7, 11) is 0. The normalized spacial score (nSPS) is 10.2. The van der Waals surface area contributed by atoms with E-state index >= 15 is 0 Å². The summed E-state index contributed by atoms with van der Waals surface area (Å²) in [6.07, 6.45) is 3.64. The van der Waals surface area contributed by atoms with E-state index in [0.717, 1.165) is 24.3 Å². The first-order valence-electron chi connectivity index (χ1n) is 5.29. The highest BCUT2D eigenvalue weighted by molar-refractivity contribution is 5.46. The molecule has 0 bridgehead atoms. The van der Waals surface area contributed by atoms with Gasteiger partial charge >= 0.3 is 0 Å². The number of aromatic nitrogens is 1. The van der Waals surface area contributed by atoms with Crippen LogP contribution in [0.3, 0.4) is 0 Å². The van der Waals surface area contributed by atoms with E-state index in [-0.39, 0.29) is 0 Å². The molecule has 0 saturated heterocycles. The Balaban J connectivity index is 1.87. The first-order chi connectivity index (χ1) is 7.86. The lowest BCUT2D eigenvalue weighted by Gasteiger charge is -2.07. The van der Waals surface area contributed by atoms with Crippen molar-refractivity contribution in [3.8, 4) is 0 Å². The summed E-state index contributed by atoms with van der Waals surface area (Å²) in [5, 5.41) is 3.34. The van der Waals surface area contributed by atoms with Crippen LogP contribution < -0.4 is 11.1 Å². The summed E-state index contributed by atoms with van der Waals surface area (Å²) < 4.78 is 0. The summed E-state index contributed by atoms with van der Waals surface area (Å²) in [6.45, 7) is 1.59. The highest BCUT2D eigenvalue weighted by Crippen LogP contribution is 2.09. The Kier molecular flexibility index (Phi) is 3.51. The van der Waals surface area contributed by atoms with Crippen LogP contribution in [0.1, 0.15) is 11.1 Å². The predicted octanol–water partition coefficient (Wildman–Crippen LogP) is 1.95. The van der Waals surface area contributed by atoms with Crippen LogP contribution in [-0.2, 0) is 13.1 Å². The van der Waals surface area contributed by atoms with Gasteiger partial charge in [-0.1, -0.05) is 24.3 Å². The smallest absolute Gasteiger partial charge is 0.0359 e. The monoisotopic (exact) mass is 213 g/mol. The van der Waals surface area contributed by atoms with Gasteiger partial charge in [0.25, 0.3) is 0 Å². The molecule has 0 radical (unpaired) electrons. The summed E-state index contributed by atoms with van der Waals surface area (Å²) in [5.41, 5.74) is 8.99. The van der Waals surface area contributed by atoms with Crippen molar-refractivity contribution in [1.29, 1.82) is 0 Å².